The van der Waals surface area contributed by atoms with Gasteiger partial charge in [-0.05, 0) is 44.5 Å². The van der Waals surface area contributed by atoms with Crippen molar-refractivity contribution in [3.8, 4) is 5.75 Å². The molecule has 0 bridgehead atoms. The van der Waals surface area contributed by atoms with Crippen molar-refractivity contribution in [3.05, 3.63) is 28.8 Å². The fourth-order valence-corrected chi connectivity index (χ4v) is 1.75. The number of hydrogen-bond acceptors (Lipinski definition) is 2. The van der Waals surface area contributed by atoms with Gasteiger partial charge >= 0.3 is 0 Å². The van der Waals surface area contributed by atoms with E-state index in [9.17, 15) is 0 Å². The van der Waals surface area contributed by atoms with Gasteiger partial charge in [-0.2, -0.15) is 0 Å². The first kappa shape index (κ1) is 14.3. The van der Waals surface area contributed by atoms with Gasteiger partial charge in [-0.15, -0.1) is 0 Å². The molecule has 0 heterocycles. The molecule has 17 heavy (non-hydrogen) atoms. The molecule has 0 aliphatic rings. The summed E-state index contributed by atoms with van der Waals surface area (Å²) < 4.78 is 5.76. The Balaban J connectivity index is 2.69. The minimum absolute atomic E-state index is 0.181. The quantitative estimate of drug-likeness (QED) is 0.833. The fraction of sp³-hybridized carbons (Fsp3) is 0.571. The third kappa shape index (κ3) is 5.42. The van der Waals surface area contributed by atoms with Crippen LogP contribution in [0.2, 0.25) is 5.02 Å². The van der Waals surface area contributed by atoms with E-state index >= 15 is 0 Å². The maximum absolute atomic E-state index is 6.01. The standard InChI is InChI=1S/C14H22ClNO/c1-10(2)8-16-9-12-7-13(15)5-6-14(12)17-11(3)4/h5-7,10-11,16H,8-9H2,1-4H3. The second kappa shape index (κ2) is 6.87. The largest absolute Gasteiger partial charge is 0.491 e. The molecule has 0 atom stereocenters. The van der Waals surface area contributed by atoms with Crippen molar-refractivity contribution in [2.45, 2.75) is 40.3 Å². The van der Waals surface area contributed by atoms with Crippen molar-refractivity contribution in [2.24, 2.45) is 5.92 Å². The summed E-state index contributed by atoms with van der Waals surface area (Å²) in [6.45, 7) is 10.2. The molecule has 1 aromatic rings. The van der Waals surface area contributed by atoms with Crippen LogP contribution in [-0.2, 0) is 6.54 Å². The average Bonchev–Trinajstić information content (AvgIpc) is 2.21. The number of benzene rings is 1. The lowest BCUT2D eigenvalue weighted by Gasteiger charge is -2.15. The highest BCUT2D eigenvalue weighted by molar-refractivity contribution is 6.30. The van der Waals surface area contributed by atoms with Crippen LogP contribution < -0.4 is 10.1 Å². The molecule has 0 aliphatic heterocycles. The third-order valence-corrected chi connectivity index (χ3v) is 2.49. The SMILES string of the molecule is CC(C)CNCc1cc(Cl)ccc1OC(C)C. The van der Waals surface area contributed by atoms with Crippen molar-refractivity contribution in [1.82, 2.24) is 5.32 Å². The molecule has 0 saturated carbocycles. The molecule has 0 aliphatic carbocycles. The maximum Gasteiger partial charge on any atom is 0.124 e. The second-order valence-corrected chi connectivity index (χ2v) is 5.38. The smallest absolute Gasteiger partial charge is 0.124 e. The van der Waals surface area contributed by atoms with E-state index in [0.29, 0.717) is 5.92 Å². The number of nitrogens with one attached hydrogen (secondary N) is 1. The molecular formula is C14H22ClNO. The molecule has 0 aromatic heterocycles. The summed E-state index contributed by atoms with van der Waals surface area (Å²) in [5.74, 6) is 1.56. The van der Waals surface area contributed by atoms with Crippen LogP contribution in [0.15, 0.2) is 18.2 Å². The first-order valence-corrected chi connectivity index (χ1v) is 6.52. The molecule has 0 saturated heterocycles. The van der Waals surface area contributed by atoms with E-state index in [2.05, 4.69) is 19.2 Å². The summed E-state index contributed by atoms with van der Waals surface area (Å²) in [6.07, 6.45) is 0.181. The molecule has 0 spiro atoms. The number of ether oxygens (including phenoxy) is 1. The van der Waals surface area contributed by atoms with Gasteiger partial charge in [0.2, 0.25) is 0 Å². The van der Waals surface area contributed by atoms with E-state index in [1.165, 1.54) is 0 Å². The minimum atomic E-state index is 0.181. The maximum atomic E-state index is 6.01. The minimum Gasteiger partial charge on any atom is -0.491 e. The Morgan fingerprint density at radius 2 is 1.94 bits per heavy atom. The zero-order valence-corrected chi connectivity index (χ0v) is 11.8. The van der Waals surface area contributed by atoms with Gasteiger partial charge in [0.05, 0.1) is 6.10 Å². The van der Waals surface area contributed by atoms with E-state index in [1.807, 2.05) is 32.0 Å². The highest BCUT2D eigenvalue weighted by Gasteiger charge is 2.06. The molecular weight excluding hydrogens is 234 g/mol. The Morgan fingerprint density at radius 3 is 2.53 bits per heavy atom. The van der Waals surface area contributed by atoms with Crippen molar-refractivity contribution in [3.63, 3.8) is 0 Å². The first-order chi connectivity index (χ1) is 7.99. The average molecular weight is 256 g/mol. The molecule has 96 valence electrons. The molecule has 1 N–H and O–H groups in total. The van der Waals surface area contributed by atoms with Crippen LogP contribution in [0.1, 0.15) is 33.3 Å². The van der Waals surface area contributed by atoms with Crippen LogP contribution in [0.3, 0.4) is 0 Å². The summed E-state index contributed by atoms with van der Waals surface area (Å²) in [5, 5.41) is 4.16. The second-order valence-electron chi connectivity index (χ2n) is 4.94. The van der Waals surface area contributed by atoms with Gasteiger partial charge in [-0.1, -0.05) is 25.4 Å². The molecule has 2 nitrogen and oxygen atoms in total. The Kier molecular flexibility index (Phi) is 5.79. The van der Waals surface area contributed by atoms with Gasteiger partial charge in [-0.25, -0.2) is 0 Å². The van der Waals surface area contributed by atoms with Gasteiger partial charge in [0, 0.05) is 17.1 Å². The molecule has 0 radical (unpaired) electrons. The molecule has 0 fully saturated rings. The summed E-state index contributed by atoms with van der Waals surface area (Å²) in [7, 11) is 0. The van der Waals surface area contributed by atoms with Crippen molar-refractivity contribution in [2.75, 3.05) is 6.54 Å². The fourth-order valence-electron chi connectivity index (χ4n) is 1.55. The van der Waals surface area contributed by atoms with Crippen LogP contribution in [-0.4, -0.2) is 12.6 Å². The normalized spacial score (nSPS) is 11.2. The Bertz CT molecular complexity index is 350. The molecule has 1 rings (SSSR count). The van der Waals surface area contributed by atoms with Gasteiger partial charge < -0.3 is 10.1 Å². The molecule has 0 amide bonds. The summed E-state index contributed by atoms with van der Waals surface area (Å²) in [6, 6.07) is 5.77. The first-order valence-electron chi connectivity index (χ1n) is 6.15. The predicted octanol–water partition coefficient (Wildman–Crippen LogP) is 3.87. The van der Waals surface area contributed by atoms with Gasteiger partial charge in [0.25, 0.3) is 0 Å². The highest BCUT2D eigenvalue weighted by atomic mass is 35.5. The highest BCUT2D eigenvalue weighted by Crippen LogP contribution is 2.23. The van der Waals surface area contributed by atoms with Crippen LogP contribution in [0.5, 0.6) is 5.75 Å². The van der Waals surface area contributed by atoms with E-state index in [4.69, 9.17) is 16.3 Å². The van der Waals surface area contributed by atoms with E-state index < -0.39 is 0 Å². The lowest BCUT2D eigenvalue weighted by Crippen LogP contribution is -2.20. The third-order valence-electron chi connectivity index (χ3n) is 2.25. The van der Waals surface area contributed by atoms with Gasteiger partial charge in [-0.3, -0.25) is 0 Å². The number of hydrogen-bond donors (Lipinski definition) is 1. The topological polar surface area (TPSA) is 21.3 Å². The lowest BCUT2D eigenvalue weighted by molar-refractivity contribution is 0.239. The van der Waals surface area contributed by atoms with Gasteiger partial charge in [0.1, 0.15) is 5.75 Å². The van der Waals surface area contributed by atoms with Crippen LogP contribution in [0.25, 0.3) is 0 Å². The zero-order chi connectivity index (χ0) is 12.8. The number of rotatable bonds is 6. The Hall–Kier alpha value is -0.730. The van der Waals surface area contributed by atoms with Crippen molar-refractivity contribution < 1.29 is 4.74 Å². The van der Waals surface area contributed by atoms with Crippen LogP contribution in [0.4, 0.5) is 0 Å². The van der Waals surface area contributed by atoms with Crippen molar-refractivity contribution in [1.29, 1.82) is 0 Å². The van der Waals surface area contributed by atoms with E-state index in [0.717, 1.165) is 29.4 Å². The Labute approximate surface area is 109 Å². The monoisotopic (exact) mass is 255 g/mol. The van der Waals surface area contributed by atoms with Crippen molar-refractivity contribution >= 4 is 11.6 Å². The van der Waals surface area contributed by atoms with E-state index in [-0.39, 0.29) is 6.10 Å². The van der Waals surface area contributed by atoms with Crippen LogP contribution in [0, 0.1) is 5.92 Å². The molecule has 1 aromatic carbocycles. The van der Waals surface area contributed by atoms with E-state index in [1.54, 1.807) is 0 Å². The summed E-state index contributed by atoms with van der Waals surface area (Å²) in [4.78, 5) is 0. The van der Waals surface area contributed by atoms with Crippen LogP contribution >= 0.6 is 11.6 Å². The molecule has 0 unspecified atom stereocenters. The lowest BCUT2D eigenvalue weighted by atomic mass is 10.1. The van der Waals surface area contributed by atoms with Gasteiger partial charge in [0.15, 0.2) is 0 Å². The predicted molar refractivity (Wildman–Crippen MR) is 73.8 cm³/mol. The zero-order valence-electron chi connectivity index (χ0n) is 11.1. The summed E-state index contributed by atoms with van der Waals surface area (Å²) >= 11 is 6.01. The molecule has 3 heteroatoms. The Morgan fingerprint density at radius 1 is 1.24 bits per heavy atom. The number of halogens is 1. The summed E-state index contributed by atoms with van der Waals surface area (Å²) in [5.41, 5.74) is 1.12.